The van der Waals surface area contributed by atoms with Crippen molar-refractivity contribution in [2.75, 3.05) is 0 Å². The van der Waals surface area contributed by atoms with Gasteiger partial charge in [0.1, 0.15) is 6.61 Å². The first kappa shape index (κ1) is 17.9. The molecule has 26 heavy (non-hydrogen) atoms. The molecule has 3 aromatic carbocycles. The average molecular weight is 364 g/mol. The lowest BCUT2D eigenvalue weighted by atomic mass is 10.0. The number of hydrogen-bond acceptors (Lipinski definition) is 1. The van der Waals surface area contributed by atoms with Crippen molar-refractivity contribution in [2.45, 2.75) is 13.5 Å². The normalized spacial score (nSPS) is 10.8. The highest BCUT2D eigenvalue weighted by Crippen LogP contribution is 2.30. The summed E-state index contributed by atoms with van der Waals surface area (Å²) in [5.41, 5.74) is 1.87. The molecule has 6 heteroatoms. The fraction of sp³-hybridized carbons (Fsp3) is 0.100. The van der Waals surface area contributed by atoms with Gasteiger partial charge in [-0.3, -0.25) is 0 Å². The average Bonchev–Trinajstić information content (AvgIpc) is 2.59. The number of aryl methyl sites for hydroxylation is 1. The van der Waals surface area contributed by atoms with E-state index in [1.807, 2.05) is 19.1 Å². The summed E-state index contributed by atoms with van der Waals surface area (Å²) in [6.45, 7) is 1.37. The van der Waals surface area contributed by atoms with Gasteiger partial charge in [-0.15, -0.1) is 0 Å². The zero-order valence-electron chi connectivity index (χ0n) is 13.6. The van der Waals surface area contributed by atoms with Crippen molar-refractivity contribution in [3.05, 3.63) is 88.7 Å². The molecule has 0 fully saturated rings. The summed E-state index contributed by atoms with van der Waals surface area (Å²) in [4.78, 5) is 0. The van der Waals surface area contributed by atoms with Gasteiger partial charge in [0.05, 0.1) is 0 Å². The Morgan fingerprint density at radius 1 is 0.692 bits per heavy atom. The van der Waals surface area contributed by atoms with E-state index in [9.17, 15) is 22.0 Å². The molecule has 0 N–H and O–H groups in total. The maximum atomic E-state index is 14.2. The molecule has 0 unspecified atom stereocenters. The Balaban J connectivity index is 1.84. The molecule has 0 atom stereocenters. The zero-order valence-corrected chi connectivity index (χ0v) is 13.6. The molecule has 134 valence electrons. The first-order valence-electron chi connectivity index (χ1n) is 7.67. The molecular formula is C20H13F5O. The van der Waals surface area contributed by atoms with E-state index in [0.29, 0.717) is 23.3 Å². The van der Waals surface area contributed by atoms with Gasteiger partial charge in [0.15, 0.2) is 34.8 Å². The van der Waals surface area contributed by atoms with Crippen LogP contribution < -0.4 is 4.74 Å². The van der Waals surface area contributed by atoms with Gasteiger partial charge in [0, 0.05) is 0 Å². The van der Waals surface area contributed by atoms with Crippen molar-refractivity contribution in [1.29, 1.82) is 0 Å². The fourth-order valence-corrected chi connectivity index (χ4v) is 2.46. The number of halogens is 5. The third kappa shape index (κ3) is 3.69. The Labute approximate surface area is 146 Å². The molecular weight excluding hydrogens is 351 g/mol. The maximum Gasteiger partial charge on any atom is 0.194 e. The predicted octanol–water partition coefficient (Wildman–Crippen LogP) is 5.94. The van der Waals surface area contributed by atoms with E-state index in [-0.39, 0.29) is 5.56 Å². The molecule has 0 aliphatic heterocycles. The van der Waals surface area contributed by atoms with Crippen molar-refractivity contribution >= 4 is 0 Å². The topological polar surface area (TPSA) is 9.23 Å². The number of rotatable bonds is 4. The largest absolute Gasteiger partial charge is 0.483 e. The van der Waals surface area contributed by atoms with Crippen LogP contribution in [-0.2, 0) is 6.61 Å². The SMILES string of the molecule is Cc1ccc(-c2cc(F)c(OCc3cc(F)c(F)c(F)c3)c(F)c2)cc1. The van der Waals surface area contributed by atoms with Crippen LogP contribution >= 0.6 is 0 Å². The molecule has 0 radical (unpaired) electrons. The van der Waals surface area contributed by atoms with Gasteiger partial charge in [-0.1, -0.05) is 29.8 Å². The van der Waals surface area contributed by atoms with Gasteiger partial charge in [-0.25, -0.2) is 22.0 Å². The van der Waals surface area contributed by atoms with Gasteiger partial charge >= 0.3 is 0 Å². The van der Waals surface area contributed by atoms with Gasteiger partial charge in [0.25, 0.3) is 0 Å². The summed E-state index contributed by atoms with van der Waals surface area (Å²) in [5.74, 6) is -7.01. The van der Waals surface area contributed by atoms with Gasteiger partial charge < -0.3 is 4.74 Å². The Bertz CT molecular complexity index is 905. The molecule has 0 spiro atoms. The predicted molar refractivity (Wildman–Crippen MR) is 87.2 cm³/mol. The Morgan fingerprint density at radius 2 is 1.23 bits per heavy atom. The van der Waals surface area contributed by atoms with Crippen LogP contribution in [-0.4, -0.2) is 0 Å². The minimum absolute atomic E-state index is 0.0946. The van der Waals surface area contributed by atoms with Crippen molar-refractivity contribution < 1.29 is 26.7 Å². The summed E-state index contributed by atoms with van der Waals surface area (Å²) in [5, 5.41) is 0. The van der Waals surface area contributed by atoms with E-state index in [4.69, 9.17) is 4.74 Å². The van der Waals surface area contributed by atoms with Crippen LogP contribution in [0.25, 0.3) is 11.1 Å². The monoisotopic (exact) mass is 364 g/mol. The lowest BCUT2D eigenvalue weighted by Gasteiger charge is -2.11. The zero-order chi connectivity index (χ0) is 18.8. The van der Waals surface area contributed by atoms with E-state index in [1.165, 1.54) is 0 Å². The summed E-state index contributed by atoms with van der Waals surface area (Å²) in [6.07, 6.45) is 0. The lowest BCUT2D eigenvalue weighted by Crippen LogP contribution is -2.03. The number of benzene rings is 3. The van der Waals surface area contributed by atoms with Crippen LogP contribution in [0, 0.1) is 36.0 Å². The Hall–Kier alpha value is -2.89. The standard InChI is InChI=1S/C20H13F5O/c1-11-2-4-13(5-3-11)14-8-17(23)20(18(24)9-14)26-10-12-6-15(21)19(25)16(22)7-12/h2-9H,10H2,1H3. The van der Waals surface area contributed by atoms with E-state index >= 15 is 0 Å². The molecule has 0 aliphatic rings. The second-order valence-corrected chi connectivity index (χ2v) is 5.80. The third-order valence-corrected chi connectivity index (χ3v) is 3.81. The molecule has 0 heterocycles. The molecule has 1 nitrogen and oxygen atoms in total. The molecule has 0 bridgehead atoms. The van der Waals surface area contributed by atoms with Crippen LogP contribution in [0.1, 0.15) is 11.1 Å². The lowest BCUT2D eigenvalue weighted by molar-refractivity contribution is 0.272. The van der Waals surface area contributed by atoms with Crippen LogP contribution in [0.5, 0.6) is 5.75 Å². The number of hydrogen-bond donors (Lipinski definition) is 0. The van der Waals surface area contributed by atoms with E-state index in [0.717, 1.165) is 17.7 Å². The molecule has 3 aromatic rings. The van der Waals surface area contributed by atoms with E-state index < -0.39 is 41.4 Å². The first-order chi connectivity index (χ1) is 12.3. The van der Waals surface area contributed by atoms with Gasteiger partial charge in [-0.05, 0) is 47.9 Å². The van der Waals surface area contributed by atoms with Crippen molar-refractivity contribution in [1.82, 2.24) is 0 Å². The summed E-state index contributed by atoms with van der Waals surface area (Å²) >= 11 is 0. The van der Waals surface area contributed by atoms with Crippen LogP contribution in [0.15, 0.2) is 48.5 Å². The number of ether oxygens (including phenoxy) is 1. The Kier molecular flexibility index (Phi) is 4.93. The second kappa shape index (κ2) is 7.15. The third-order valence-electron chi connectivity index (χ3n) is 3.81. The molecule has 0 amide bonds. The fourth-order valence-electron chi connectivity index (χ4n) is 2.46. The minimum atomic E-state index is -1.62. The van der Waals surface area contributed by atoms with Crippen LogP contribution in [0.2, 0.25) is 0 Å². The van der Waals surface area contributed by atoms with Crippen molar-refractivity contribution in [2.24, 2.45) is 0 Å². The van der Waals surface area contributed by atoms with E-state index in [1.54, 1.807) is 12.1 Å². The molecule has 0 aromatic heterocycles. The summed E-state index contributed by atoms with van der Waals surface area (Å²) in [7, 11) is 0. The highest BCUT2D eigenvalue weighted by Gasteiger charge is 2.16. The molecule has 0 saturated heterocycles. The van der Waals surface area contributed by atoms with E-state index in [2.05, 4.69) is 0 Å². The van der Waals surface area contributed by atoms with Crippen molar-refractivity contribution in [3.63, 3.8) is 0 Å². The smallest absolute Gasteiger partial charge is 0.194 e. The summed E-state index contributed by atoms with van der Waals surface area (Å²) < 4.78 is 72.7. The van der Waals surface area contributed by atoms with Crippen molar-refractivity contribution in [3.8, 4) is 16.9 Å². The summed E-state index contributed by atoms with van der Waals surface area (Å²) in [6, 6.07) is 10.7. The molecule has 3 rings (SSSR count). The minimum Gasteiger partial charge on any atom is -0.483 e. The molecule has 0 saturated carbocycles. The van der Waals surface area contributed by atoms with Gasteiger partial charge in [0.2, 0.25) is 0 Å². The highest BCUT2D eigenvalue weighted by molar-refractivity contribution is 5.65. The van der Waals surface area contributed by atoms with Crippen LogP contribution in [0.3, 0.4) is 0 Å². The quantitative estimate of drug-likeness (QED) is 0.411. The van der Waals surface area contributed by atoms with Gasteiger partial charge in [-0.2, -0.15) is 0 Å². The highest BCUT2D eigenvalue weighted by atomic mass is 19.2. The Morgan fingerprint density at radius 3 is 1.77 bits per heavy atom. The molecule has 0 aliphatic carbocycles. The first-order valence-corrected chi connectivity index (χ1v) is 7.67. The van der Waals surface area contributed by atoms with Crippen LogP contribution in [0.4, 0.5) is 22.0 Å². The maximum absolute atomic E-state index is 14.2. The second-order valence-electron chi connectivity index (χ2n) is 5.80.